The summed E-state index contributed by atoms with van der Waals surface area (Å²) in [5, 5.41) is 3.15. The van der Waals surface area contributed by atoms with E-state index in [2.05, 4.69) is 5.32 Å². The highest BCUT2D eigenvalue weighted by Crippen LogP contribution is 2.25. The Kier molecular flexibility index (Phi) is 4.18. The van der Waals surface area contributed by atoms with E-state index >= 15 is 0 Å². The third-order valence-electron chi connectivity index (χ3n) is 2.43. The predicted molar refractivity (Wildman–Crippen MR) is 70.7 cm³/mol. The van der Waals surface area contributed by atoms with Crippen molar-refractivity contribution in [1.82, 2.24) is 5.32 Å². The van der Waals surface area contributed by atoms with Gasteiger partial charge in [-0.2, -0.15) is 0 Å². The number of nitrogens with one attached hydrogen (secondary N) is 1. The van der Waals surface area contributed by atoms with Crippen molar-refractivity contribution >= 4 is 11.6 Å². The van der Waals surface area contributed by atoms with Crippen molar-refractivity contribution in [1.29, 1.82) is 0 Å². The molecule has 0 aliphatic rings. The second-order valence-electron chi connectivity index (χ2n) is 3.85. The number of benzene rings is 2. The van der Waals surface area contributed by atoms with Crippen molar-refractivity contribution in [2.24, 2.45) is 0 Å². The fourth-order valence-electron chi connectivity index (χ4n) is 1.56. The molecule has 0 aliphatic carbocycles. The average molecular weight is 266 g/mol. The molecule has 0 heterocycles. The number of rotatable bonds is 4. The fourth-order valence-corrected chi connectivity index (χ4v) is 1.67. The van der Waals surface area contributed by atoms with Crippen LogP contribution in [0.4, 0.5) is 4.39 Å². The van der Waals surface area contributed by atoms with Gasteiger partial charge in [0.1, 0.15) is 17.3 Å². The van der Waals surface area contributed by atoms with Crippen LogP contribution in [0.15, 0.2) is 42.5 Å². The largest absolute Gasteiger partial charge is 0.457 e. The highest BCUT2D eigenvalue weighted by molar-refractivity contribution is 6.30. The normalized spacial score (nSPS) is 10.4. The fraction of sp³-hybridized carbons (Fsp3) is 0.143. The SMILES string of the molecule is CNCc1ccc(Oc2ccc(Cl)c(F)c2)cc1. The van der Waals surface area contributed by atoms with Gasteiger partial charge in [0.15, 0.2) is 0 Å². The lowest BCUT2D eigenvalue weighted by atomic mass is 10.2. The van der Waals surface area contributed by atoms with Crippen molar-refractivity contribution in [3.63, 3.8) is 0 Å². The molecule has 0 atom stereocenters. The molecule has 2 aromatic rings. The van der Waals surface area contributed by atoms with Gasteiger partial charge in [-0.1, -0.05) is 23.7 Å². The monoisotopic (exact) mass is 265 g/mol. The standard InChI is InChI=1S/C14H13ClFNO/c1-17-9-10-2-4-11(5-3-10)18-12-6-7-13(15)14(16)8-12/h2-8,17H,9H2,1H3. The van der Waals surface area contributed by atoms with Crippen LogP contribution in [0.25, 0.3) is 0 Å². The van der Waals surface area contributed by atoms with Crippen molar-refractivity contribution in [2.45, 2.75) is 6.54 Å². The number of halogens is 2. The van der Waals surface area contributed by atoms with Gasteiger partial charge in [-0.05, 0) is 36.9 Å². The van der Waals surface area contributed by atoms with Crippen molar-refractivity contribution in [3.05, 3.63) is 58.9 Å². The van der Waals surface area contributed by atoms with Crippen LogP contribution in [-0.4, -0.2) is 7.05 Å². The summed E-state index contributed by atoms with van der Waals surface area (Å²) in [6.07, 6.45) is 0. The maximum Gasteiger partial charge on any atom is 0.145 e. The first-order valence-corrected chi connectivity index (χ1v) is 5.93. The zero-order valence-electron chi connectivity index (χ0n) is 9.91. The summed E-state index contributed by atoms with van der Waals surface area (Å²) >= 11 is 5.60. The lowest BCUT2D eigenvalue weighted by Gasteiger charge is -2.07. The van der Waals surface area contributed by atoms with Gasteiger partial charge >= 0.3 is 0 Å². The zero-order chi connectivity index (χ0) is 13.0. The molecule has 0 amide bonds. The van der Waals surface area contributed by atoms with Crippen LogP contribution in [0.2, 0.25) is 5.02 Å². The quantitative estimate of drug-likeness (QED) is 0.902. The molecule has 0 bridgehead atoms. The van der Waals surface area contributed by atoms with Gasteiger partial charge < -0.3 is 10.1 Å². The van der Waals surface area contributed by atoms with Crippen molar-refractivity contribution in [3.8, 4) is 11.5 Å². The summed E-state index contributed by atoms with van der Waals surface area (Å²) in [7, 11) is 1.89. The molecule has 0 unspecified atom stereocenters. The maximum atomic E-state index is 13.2. The van der Waals surface area contributed by atoms with Gasteiger partial charge in [-0.25, -0.2) is 4.39 Å². The summed E-state index contributed by atoms with van der Waals surface area (Å²) in [4.78, 5) is 0. The van der Waals surface area contributed by atoms with Gasteiger partial charge in [0.05, 0.1) is 5.02 Å². The van der Waals surface area contributed by atoms with Crippen LogP contribution >= 0.6 is 11.6 Å². The molecular formula is C14H13ClFNO. The van der Waals surface area contributed by atoms with Crippen LogP contribution < -0.4 is 10.1 Å². The lowest BCUT2D eigenvalue weighted by molar-refractivity contribution is 0.476. The molecule has 4 heteroatoms. The summed E-state index contributed by atoms with van der Waals surface area (Å²) < 4.78 is 18.8. The topological polar surface area (TPSA) is 21.3 Å². The lowest BCUT2D eigenvalue weighted by Crippen LogP contribution is -2.04. The maximum absolute atomic E-state index is 13.2. The molecule has 94 valence electrons. The molecule has 0 aromatic heterocycles. The molecule has 0 saturated heterocycles. The number of ether oxygens (including phenoxy) is 1. The Morgan fingerprint density at radius 1 is 1.11 bits per heavy atom. The van der Waals surface area contributed by atoms with Crippen LogP contribution in [0.1, 0.15) is 5.56 Å². The summed E-state index contributed by atoms with van der Waals surface area (Å²) in [5.41, 5.74) is 1.16. The first-order chi connectivity index (χ1) is 8.69. The molecule has 2 aromatic carbocycles. The molecule has 1 N–H and O–H groups in total. The second-order valence-corrected chi connectivity index (χ2v) is 4.26. The predicted octanol–water partition coefficient (Wildman–Crippen LogP) is 3.99. The molecule has 2 rings (SSSR count). The Hall–Kier alpha value is -1.58. The summed E-state index contributed by atoms with van der Waals surface area (Å²) in [6.45, 7) is 0.801. The van der Waals surface area contributed by atoms with Gasteiger partial charge in [-0.3, -0.25) is 0 Å². The van der Waals surface area contributed by atoms with Gasteiger partial charge in [-0.15, -0.1) is 0 Å². The van der Waals surface area contributed by atoms with E-state index in [1.807, 2.05) is 31.3 Å². The summed E-state index contributed by atoms with van der Waals surface area (Å²) in [5.74, 6) is 0.607. The molecule has 18 heavy (non-hydrogen) atoms. The Labute approximate surface area is 110 Å². The highest BCUT2D eigenvalue weighted by atomic mass is 35.5. The second kappa shape index (κ2) is 5.85. The van der Waals surface area contributed by atoms with Gasteiger partial charge in [0, 0.05) is 12.6 Å². The van der Waals surface area contributed by atoms with Crippen LogP contribution in [0.3, 0.4) is 0 Å². The van der Waals surface area contributed by atoms with Crippen LogP contribution in [-0.2, 0) is 6.54 Å². The van der Waals surface area contributed by atoms with E-state index in [4.69, 9.17) is 16.3 Å². The number of hydrogen-bond acceptors (Lipinski definition) is 2. The van der Waals surface area contributed by atoms with E-state index < -0.39 is 5.82 Å². The Morgan fingerprint density at radius 3 is 2.39 bits per heavy atom. The highest BCUT2D eigenvalue weighted by Gasteiger charge is 2.03. The van der Waals surface area contributed by atoms with Crippen LogP contribution in [0, 0.1) is 5.82 Å². The number of hydrogen-bond donors (Lipinski definition) is 1. The Morgan fingerprint density at radius 2 is 1.78 bits per heavy atom. The average Bonchev–Trinajstić information content (AvgIpc) is 2.37. The van der Waals surface area contributed by atoms with Crippen LogP contribution in [0.5, 0.6) is 11.5 Å². The molecule has 0 radical (unpaired) electrons. The molecule has 0 fully saturated rings. The third kappa shape index (κ3) is 3.22. The smallest absolute Gasteiger partial charge is 0.145 e. The minimum Gasteiger partial charge on any atom is -0.457 e. The first kappa shape index (κ1) is 12.9. The molecular weight excluding hydrogens is 253 g/mol. The van der Waals surface area contributed by atoms with E-state index in [1.54, 1.807) is 6.07 Å². The van der Waals surface area contributed by atoms with Gasteiger partial charge in [0.2, 0.25) is 0 Å². The van der Waals surface area contributed by atoms with E-state index in [1.165, 1.54) is 12.1 Å². The van der Waals surface area contributed by atoms with Crippen molar-refractivity contribution in [2.75, 3.05) is 7.05 Å². The molecule has 0 spiro atoms. The molecule has 0 aliphatic heterocycles. The Balaban J connectivity index is 2.10. The molecule has 2 nitrogen and oxygen atoms in total. The van der Waals surface area contributed by atoms with E-state index in [0.717, 1.165) is 12.1 Å². The van der Waals surface area contributed by atoms with Gasteiger partial charge in [0.25, 0.3) is 0 Å². The van der Waals surface area contributed by atoms with Crippen molar-refractivity contribution < 1.29 is 9.13 Å². The minimum atomic E-state index is -0.485. The minimum absolute atomic E-state index is 0.0896. The zero-order valence-corrected chi connectivity index (χ0v) is 10.7. The van der Waals surface area contributed by atoms with E-state index in [9.17, 15) is 4.39 Å². The first-order valence-electron chi connectivity index (χ1n) is 5.55. The Bertz CT molecular complexity index is 528. The molecule has 0 saturated carbocycles. The van der Waals surface area contributed by atoms with E-state index in [0.29, 0.717) is 11.5 Å². The summed E-state index contributed by atoms with van der Waals surface area (Å²) in [6, 6.07) is 12.0. The van der Waals surface area contributed by atoms with E-state index in [-0.39, 0.29) is 5.02 Å². The third-order valence-corrected chi connectivity index (χ3v) is 2.74.